The van der Waals surface area contributed by atoms with E-state index in [1.807, 2.05) is 13.8 Å². The molecule has 0 saturated heterocycles. The molecule has 0 spiro atoms. The van der Waals surface area contributed by atoms with Gasteiger partial charge < -0.3 is 9.84 Å². The normalized spacial score (nSPS) is 23.8. The molecule has 2 nitrogen and oxygen atoms in total. The van der Waals surface area contributed by atoms with Gasteiger partial charge in [-0.2, -0.15) is 0 Å². The van der Waals surface area contributed by atoms with Crippen molar-refractivity contribution in [1.82, 2.24) is 0 Å². The van der Waals surface area contributed by atoms with Crippen molar-refractivity contribution >= 4 is 0 Å². The number of ether oxygens (including phenoxy) is 1. The molecule has 84 valence electrons. The molecule has 0 aromatic rings. The van der Waals surface area contributed by atoms with Crippen molar-refractivity contribution in [3.05, 3.63) is 0 Å². The lowest BCUT2D eigenvalue weighted by Crippen LogP contribution is -2.38. The second kappa shape index (κ2) is 5.13. The van der Waals surface area contributed by atoms with Crippen LogP contribution in [0, 0.1) is 5.41 Å². The molecule has 1 atom stereocenters. The number of hydrogen-bond acceptors (Lipinski definition) is 2. The van der Waals surface area contributed by atoms with Crippen LogP contribution in [-0.2, 0) is 4.74 Å². The van der Waals surface area contributed by atoms with Crippen molar-refractivity contribution in [3.63, 3.8) is 0 Å². The first-order valence-corrected chi connectivity index (χ1v) is 5.84. The Morgan fingerprint density at radius 1 is 1.21 bits per heavy atom. The Morgan fingerprint density at radius 2 is 1.79 bits per heavy atom. The third-order valence-electron chi connectivity index (χ3n) is 3.39. The quantitative estimate of drug-likeness (QED) is 0.756. The van der Waals surface area contributed by atoms with Gasteiger partial charge in [0.1, 0.15) is 0 Å². The summed E-state index contributed by atoms with van der Waals surface area (Å²) in [5, 5.41) is 10.1. The fraction of sp³-hybridized carbons (Fsp3) is 1.00. The first-order chi connectivity index (χ1) is 6.54. The van der Waals surface area contributed by atoms with Crippen LogP contribution < -0.4 is 0 Å². The van der Waals surface area contributed by atoms with E-state index in [-0.39, 0.29) is 17.6 Å². The number of rotatable bonds is 4. The second-order valence-corrected chi connectivity index (χ2v) is 5.11. The molecule has 1 rings (SSSR count). The molecule has 1 unspecified atom stereocenters. The highest BCUT2D eigenvalue weighted by molar-refractivity contribution is 4.85. The molecule has 14 heavy (non-hydrogen) atoms. The molecule has 1 aliphatic carbocycles. The van der Waals surface area contributed by atoms with E-state index >= 15 is 0 Å². The largest absolute Gasteiger partial charge is 0.390 e. The highest BCUT2D eigenvalue weighted by Gasteiger charge is 2.34. The summed E-state index contributed by atoms with van der Waals surface area (Å²) in [5.41, 5.74) is 0.104. The van der Waals surface area contributed by atoms with Crippen LogP contribution in [0.5, 0.6) is 0 Å². The minimum atomic E-state index is -0.287. The van der Waals surface area contributed by atoms with Gasteiger partial charge in [0.25, 0.3) is 0 Å². The zero-order valence-electron chi connectivity index (χ0n) is 9.75. The zero-order chi connectivity index (χ0) is 10.6. The van der Waals surface area contributed by atoms with Gasteiger partial charge in [0.2, 0.25) is 0 Å². The van der Waals surface area contributed by atoms with Crippen LogP contribution >= 0.6 is 0 Å². The molecule has 0 heterocycles. The summed E-state index contributed by atoms with van der Waals surface area (Å²) in [7, 11) is 0. The standard InChI is InChI=1S/C12H24O2/c1-10(2)14-9-11(13)12(3)7-5-4-6-8-12/h10-11,13H,4-9H2,1-3H3. The SMILES string of the molecule is CC(C)OCC(O)C1(C)CCCCC1. The Hall–Kier alpha value is -0.0800. The van der Waals surface area contributed by atoms with E-state index in [2.05, 4.69) is 6.92 Å². The van der Waals surface area contributed by atoms with Crippen molar-refractivity contribution in [2.45, 2.75) is 65.1 Å². The lowest BCUT2D eigenvalue weighted by atomic mass is 9.72. The van der Waals surface area contributed by atoms with E-state index in [1.165, 1.54) is 19.3 Å². The van der Waals surface area contributed by atoms with Crippen LogP contribution in [0.1, 0.15) is 52.9 Å². The molecule has 0 amide bonds. The summed E-state index contributed by atoms with van der Waals surface area (Å²) in [5.74, 6) is 0. The number of aliphatic hydroxyl groups is 1. The molecule has 0 aromatic carbocycles. The van der Waals surface area contributed by atoms with E-state index in [1.54, 1.807) is 0 Å². The average Bonchev–Trinajstić information content (AvgIpc) is 2.15. The van der Waals surface area contributed by atoms with Gasteiger partial charge in [-0.05, 0) is 32.1 Å². The lowest BCUT2D eigenvalue weighted by Gasteiger charge is -2.38. The van der Waals surface area contributed by atoms with E-state index in [0.29, 0.717) is 6.61 Å². The van der Waals surface area contributed by atoms with Gasteiger partial charge in [-0.1, -0.05) is 26.2 Å². The molecule has 1 fully saturated rings. The van der Waals surface area contributed by atoms with Crippen LogP contribution in [0.15, 0.2) is 0 Å². The fourth-order valence-corrected chi connectivity index (χ4v) is 2.18. The third kappa shape index (κ3) is 3.25. The highest BCUT2D eigenvalue weighted by Crippen LogP contribution is 2.38. The Labute approximate surface area is 87.7 Å². The molecule has 0 aromatic heterocycles. The van der Waals surface area contributed by atoms with Gasteiger partial charge in [0, 0.05) is 0 Å². The predicted octanol–water partition coefficient (Wildman–Crippen LogP) is 2.74. The molecule has 0 aliphatic heterocycles. The summed E-state index contributed by atoms with van der Waals surface area (Å²) >= 11 is 0. The molecule has 1 saturated carbocycles. The Bertz CT molecular complexity index is 160. The molecular weight excluding hydrogens is 176 g/mol. The van der Waals surface area contributed by atoms with Gasteiger partial charge in [-0.3, -0.25) is 0 Å². The summed E-state index contributed by atoms with van der Waals surface area (Å²) < 4.78 is 5.47. The maximum atomic E-state index is 10.1. The predicted molar refractivity (Wildman–Crippen MR) is 58.3 cm³/mol. The molecule has 0 radical (unpaired) electrons. The van der Waals surface area contributed by atoms with E-state index in [9.17, 15) is 5.11 Å². The smallest absolute Gasteiger partial charge is 0.0827 e. The van der Waals surface area contributed by atoms with Crippen molar-refractivity contribution < 1.29 is 9.84 Å². The van der Waals surface area contributed by atoms with Gasteiger partial charge >= 0.3 is 0 Å². The van der Waals surface area contributed by atoms with Crippen molar-refractivity contribution in [2.75, 3.05) is 6.61 Å². The van der Waals surface area contributed by atoms with Gasteiger partial charge in [-0.25, -0.2) is 0 Å². The summed E-state index contributed by atoms with van der Waals surface area (Å²) in [6, 6.07) is 0. The molecule has 2 heteroatoms. The van der Waals surface area contributed by atoms with Gasteiger partial charge in [0.05, 0.1) is 18.8 Å². The summed E-state index contributed by atoms with van der Waals surface area (Å²) in [6.45, 7) is 6.71. The van der Waals surface area contributed by atoms with Crippen LogP contribution in [0.4, 0.5) is 0 Å². The third-order valence-corrected chi connectivity index (χ3v) is 3.39. The number of hydrogen-bond donors (Lipinski definition) is 1. The average molecular weight is 200 g/mol. The van der Waals surface area contributed by atoms with E-state index in [0.717, 1.165) is 12.8 Å². The maximum Gasteiger partial charge on any atom is 0.0827 e. The minimum absolute atomic E-state index is 0.104. The fourth-order valence-electron chi connectivity index (χ4n) is 2.18. The zero-order valence-corrected chi connectivity index (χ0v) is 9.75. The highest BCUT2D eigenvalue weighted by atomic mass is 16.5. The molecule has 1 N–H and O–H groups in total. The minimum Gasteiger partial charge on any atom is -0.390 e. The van der Waals surface area contributed by atoms with E-state index < -0.39 is 0 Å². The first kappa shape index (κ1) is 12.0. The van der Waals surface area contributed by atoms with Crippen LogP contribution in [-0.4, -0.2) is 23.9 Å². The van der Waals surface area contributed by atoms with Crippen molar-refractivity contribution in [2.24, 2.45) is 5.41 Å². The first-order valence-electron chi connectivity index (χ1n) is 5.84. The van der Waals surface area contributed by atoms with Crippen LogP contribution in [0.2, 0.25) is 0 Å². The van der Waals surface area contributed by atoms with E-state index in [4.69, 9.17) is 4.74 Å². The Kier molecular flexibility index (Phi) is 4.39. The van der Waals surface area contributed by atoms with Crippen molar-refractivity contribution in [3.8, 4) is 0 Å². The van der Waals surface area contributed by atoms with Crippen LogP contribution in [0.3, 0.4) is 0 Å². The Balaban J connectivity index is 2.36. The van der Waals surface area contributed by atoms with Crippen molar-refractivity contribution in [1.29, 1.82) is 0 Å². The van der Waals surface area contributed by atoms with Crippen LogP contribution in [0.25, 0.3) is 0 Å². The van der Waals surface area contributed by atoms with Gasteiger partial charge in [0.15, 0.2) is 0 Å². The monoisotopic (exact) mass is 200 g/mol. The lowest BCUT2D eigenvalue weighted by molar-refractivity contribution is -0.0645. The second-order valence-electron chi connectivity index (χ2n) is 5.11. The molecule has 1 aliphatic rings. The Morgan fingerprint density at radius 3 is 2.29 bits per heavy atom. The summed E-state index contributed by atoms with van der Waals surface area (Å²) in [6.07, 6.45) is 6.07. The molecule has 0 bridgehead atoms. The van der Waals surface area contributed by atoms with Gasteiger partial charge in [-0.15, -0.1) is 0 Å². The number of aliphatic hydroxyl groups excluding tert-OH is 1. The summed E-state index contributed by atoms with van der Waals surface area (Å²) in [4.78, 5) is 0. The molecular formula is C12H24O2. The topological polar surface area (TPSA) is 29.5 Å². The maximum absolute atomic E-state index is 10.1.